The number of hydrogen-bond donors (Lipinski definition) is 0. The lowest BCUT2D eigenvalue weighted by molar-refractivity contribution is 0.414. The van der Waals surface area contributed by atoms with E-state index in [4.69, 9.17) is 25.5 Å². The van der Waals surface area contributed by atoms with E-state index in [-0.39, 0.29) is 0 Å². The van der Waals surface area contributed by atoms with E-state index in [0.717, 1.165) is 33.9 Å². The Balaban J connectivity index is 1.77. The molecule has 0 amide bonds. The van der Waals surface area contributed by atoms with E-state index in [1.807, 2.05) is 72.8 Å². The molecule has 5 nitrogen and oxygen atoms in total. The number of methoxy groups -OCH3 is 2. The number of halogens is 1. The van der Waals surface area contributed by atoms with Gasteiger partial charge in [-0.3, -0.25) is 4.57 Å². The first-order valence-electron chi connectivity index (χ1n) is 9.86. The standard InChI is InChI=1S/C25H22ClNO4/c1-29-21-11-5-18(6-12-21)23-24(19-7-13-22(30-2)14-8-19)31-25(28)27(23)16-15-17-3-9-20(26)10-4-17/h3-14H,15-16H2,1-2H3. The number of ether oxygens (including phenoxy) is 2. The van der Waals surface area contributed by atoms with Gasteiger partial charge in [0, 0.05) is 22.7 Å². The summed E-state index contributed by atoms with van der Waals surface area (Å²) in [6.07, 6.45) is 0.668. The van der Waals surface area contributed by atoms with Crippen molar-refractivity contribution in [2.24, 2.45) is 0 Å². The molecular weight excluding hydrogens is 414 g/mol. The summed E-state index contributed by atoms with van der Waals surface area (Å²) in [7, 11) is 3.24. The number of aromatic nitrogens is 1. The summed E-state index contributed by atoms with van der Waals surface area (Å²) in [5.41, 5.74) is 3.48. The van der Waals surface area contributed by atoms with Gasteiger partial charge in [0.05, 0.1) is 19.9 Å². The van der Waals surface area contributed by atoms with Crippen LogP contribution < -0.4 is 15.2 Å². The first kappa shape index (κ1) is 20.8. The predicted molar refractivity (Wildman–Crippen MR) is 122 cm³/mol. The van der Waals surface area contributed by atoms with E-state index in [9.17, 15) is 4.79 Å². The molecule has 0 N–H and O–H groups in total. The van der Waals surface area contributed by atoms with E-state index >= 15 is 0 Å². The molecular formula is C25H22ClNO4. The van der Waals surface area contributed by atoms with E-state index in [1.165, 1.54) is 0 Å². The van der Waals surface area contributed by atoms with Crippen molar-refractivity contribution in [1.82, 2.24) is 4.57 Å². The Morgan fingerprint density at radius 2 is 1.35 bits per heavy atom. The predicted octanol–water partition coefficient (Wildman–Crippen LogP) is 5.69. The molecule has 0 bridgehead atoms. The van der Waals surface area contributed by atoms with Crippen LogP contribution in [0, 0.1) is 0 Å². The molecule has 3 aromatic carbocycles. The second-order valence-electron chi connectivity index (χ2n) is 7.03. The smallest absolute Gasteiger partial charge is 0.420 e. The van der Waals surface area contributed by atoms with Crippen molar-refractivity contribution in [1.29, 1.82) is 0 Å². The summed E-state index contributed by atoms with van der Waals surface area (Å²) >= 11 is 5.99. The summed E-state index contributed by atoms with van der Waals surface area (Å²) < 4.78 is 17.9. The molecule has 0 saturated carbocycles. The van der Waals surface area contributed by atoms with Gasteiger partial charge < -0.3 is 13.9 Å². The highest BCUT2D eigenvalue weighted by atomic mass is 35.5. The minimum absolute atomic E-state index is 0.398. The molecule has 31 heavy (non-hydrogen) atoms. The van der Waals surface area contributed by atoms with Crippen molar-refractivity contribution < 1.29 is 13.9 Å². The molecule has 0 unspecified atom stereocenters. The van der Waals surface area contributed by atoms with Crippen LogP contribution in [0.4, 0.5) is 0 Å². The summed E-state index contributed by atoms with van der Waals surface area (Å²) in [6, 6.07) is 22.7. The number of benzene rings is 3. The van der Waals surface area contributed by atoms with Crippen LogP contribution in [-0.4, -0.2) is 18.8 Å². The number of nitrogens with zero attached hydrogens (tertiary/aromatic N) is 1. The Hall–Kier alpha value is -3.44. The zero-order chi connectivity index (χ0) is 21.8. The second kappa shape index (κ2) is 9.14. The van der Waals surface area contributed by atoms with Gasteiger partial charge in [-0.15, -0.1) is 0 Å². The van der Waals surface area contributed by atoms with E-state index in [2.05, 4.69) is 0 Å². The first-order valence-corrected chi connectivity index (χ1v) is 10.2. The number of hydrogen-bond acceptors (Lipinski definition) is 4. The minimum Gasteiger partial charge on any atom is -0.497 e. The van der Waals surface area contributed by atoms with Crippen LogP contribution in [0.25, 0.3) is 22.6 Å². The zero-order valence-electron chi connectivity index (χ0n) is 17.3. The van der Waals surface area contributed by atoms with Crippen molar-refractivity contribution >= 4 is 11.6 Å². The van der Waals surface area contributed by atoms with Crippen LogP contribution in [0.3, 0.4) is 0 Å². The molecule has 4 aromatic rings. The average molecular weight is 436 g/mol. The number of aryl methyl sites for hydroxylation is 1. The average Bonchev–Trinajstić information content (AvgIpc) is 3.14. The maximum absolute atomic E-state index is 12.9. The highest BCUT2D eigenvalue weighted by molar-refractivity contribution is 6.30. The zero-order valence-corrected chi connectivity index (χ0v) is 18.1. The first-order chi connectivity index (χ1) is 15.1. The van der Waals surface area contributed by atoms with Gasteiger partial charge in [0.1, 0.15) is 11.5 Å². The monoisotopic (exact) mass is 435 g/mol. The molecule has 0 aliphatic rings. The largest absolute Gasteiger partial charge is 0.497 e. The fourth-order valence-electron chi connectivity index (χ4n) is 3.47. The van der Waals surface area contributed by atoms with E-state index in [0.29, 0.717) is 23.7 Å². The topological polar surface area (TPSA) is 53.6 Å². The fourth-order valence-corrected chi connectivity index (χ4v) is 3.60. The van der Waals surface area contributed by atoms with Gasteiger partial charge >= 0.3 is 5.76 Å². The van der Waals surface area contributed by atoms with Crippen LogP contribution in [0.1, 0.15) is 5.56 Å². The third-order valence-corrected chi connectivity index (χ3v) is 5.40. The molecule has 158 valence electrons. The summed E-state index contributed by atoms with van der Waals surface area (Å²) in [4.78, 5) is 12.9. The Morgan fingerprint density at radius 1 is 0.806 bits per heavy atom. The van der Waals surface area contributed by atoms with E-state index < -0.39 is 5.76 Å². The molecule has 0 aliphatic heterocycles. The molecule has 0 radical (unpaired) electrons. The van der Waals surface area contributed by atoms with Gasteiger partial charge in [0.25, 0.3) is 0 Å². The van der Waals surface area contributed by atoms with Crippen molar-refractivity contribution in [3.05, 3.63) is 93.9 Å². The van der Waals surface area contributed by atoms with Crippen LogP contribution in [0.15, 0.2) is 82.0 Å². The lowest BCUT2D eigenvalue weighted by Crippen LogP contribution is -2.17. The van der Waals surface area contributed by atoms with Crippen LogP contribution in [0.5, 0.6) is 11.5 Å². The highest BCUT2D eigenvalue weighted by Gasteiger charge is 2.20. The maximum atomic E-state index is 12.9. The Kier molecular flexibility index (Phi) is 6.14. The van der Waals surface area contributed by atoms with E-state index in [1.54, 1.807) is 18.8 Å². The van der Waals surface area contributed by atoms with Gasteiger partial charge in [-0.2, -0.15) is 0 Å². The lowest BCUT2D eigenvalue weighted by atomic mass is 10.0. The van der Waals surface area contributed by atoms with Crippen molar-refractivity contribution in [2.75, 3.05) is 14.2 Å². The number of oxazole rings is 1. The van der Waals surface area contributed by atoms with Crippen molar-refractivity contribution in [3.8, 4) is 34.1 Å². The van der Waals surface area contributed by atoms with Gasteiger partial charge in [-0.1, -0.05) is 23.7 Å². The third-order valence-electron chi connectivity index (χ3n) is 5.15. The molecule has 1 heterocycles. The Morgan fingerprint density at radius 3 is 1.90 bits per heavy atom. The summed E-state index contributed by atoms with van der Waals surface area (Å²) in [5.74, 6) is 1.60. The molecule has 1 aromatic heterocycles. The quantitative estimate of drug-likeness (QED) is 0.374. The van der Waals surface area contributed by atoms with Crippen molar-refractivity contribution in [3.63, 3.8) is 0 Å². The Bertz CT molecular complexity index is 1210. The lowest BCUT2D eigenvalue weighted by Gasteiger charge is -2.10. The third kappa shape index (κ3) is 4.52. The van der Waals surface area contributed by atoms with Crippen LogP contribution >= 0.6 is 11.6 Å². The summed E-state index contributed by atoms with van der Waals surface area (Å²) in [5, 5.41) is 0.685. The van der Waals surface area contributed by atoms with Gasteiger partial charge in [0.15, 0.2) is 5.76 Å². The minimum atomic E-state index is -0.398. The van der Waals surface area contributed by atoms with Gasteiger partial charge in [-0.25, -0.2) is 4.79 Å². The summed E-state index contributed by atoms with van der Waals surface area (Å²) in [6.45, 7) is 0.474. The SMILES string of the molecule is COc1ccc(-c2oc(=O)n(CCc3ccc(Cl)cc3)c2-c2ccc(OC)cc2)cc1. The van der Waals surface area contributed by atoms with Gasteiger partial charge in [0.2, 0.25) is 0 Å². The second-order valence-corrected chi connectivity index (χ2v) is 7.47. The molecule has 0 saturated heterocycles. The molecule has 0 aliphatic carbocycles. The maximum Gasteiger partial charge on any atom is 0.420 e. The van der Waals surface area contributed by atoms with Crippen molar-refractivity contribution in [2.45, 2.75) is 13.0 Å². The molecule has 0 fully saturated rings. The fraction of sp³-hybridized carbons (Fsp3) is 0.160. The van der Waals surface area contributed by atoms with Crippen LogP contribution in [0.2, 0.25) is 5.02 Å². The molecule has 4 rings (SSSR count). The van der Waals surface area contributed by atoms with Gasteiger partial charge in [-0.05, 0) is 72.6 Å². The molecule has 0 spiro atoms. The molecule has 0 atom stereocenters. The Labute approximate surface area is 185 Å². The number of rotatable bonds is 7. The molecule has 6 heteroatoms. The normalized spacial score (nSPS) is 10.8. The van der Waals surface area contributed by atoms with Crippen LogP contribution in [-0.2, 0) is 13.0 Å². The highest BCUT2D eigenvalue weighted by Crippen LogP contribution is 2.33.